The van der Waals surface area contributed by atoms with Crippen LogP contribution in [0.1, 0.15) is 5.56 Å². The maximum Gasteiger partial charge on any atom is 0.211 e. The highest BCUT2D eigenvalue weighted by Crippen LogP contribution is 2.40. The zero-order valence-electron chi connectivity index (χ0n) is 14.2. The molecular formula is C17H20N4O3S. The quantitative estimate of drug-likeness (QED) is 0.446. The third-order valence-electron chi connectivity index (χ3n) is 3.20. The van der Waals surface area contributed by atoms with Crippen LogP contribution in [0.25, 0.3) is 0 Å². The van der Waals surface area contributed by atoms with Gasteiger partial charge >= 0.3 is 0 Å². The second-order valence-corrected chi connectivity index (χ2v) is 5.84. The van der Waals surface area contributed by atoms with Crippen LogP contribution >= 0.6 is 11.8 Å². The Kier molecular flexibility index (Phi) is 6.53. The van der Waals surface area contributed by atoms with Gasteiger partial charge in [0.1, 0.15) is 17.2 Å². The van der Waals surface area contributed by atoms with E-state index < -0.39 is 0 Å². The van der Waals surface area contributed by atoms with Crippen molar-refractivity contribution in [2.75, 3.05) is 21.3 Å². The van der Waals surface area contributed by atoms with Gasteiger partial charge in [-0.3, -0.25) is 0 Å². The molecule has 0 atom stereocenters. The highest BCUT2D eigenvalue weighted by Gasteiger charge is 2.12. The van der Waals surface area contributed by atoms with Crippen molar-refractivity contribution in [2.24, 2.45) is 21.7 Å². The first-order valence-electron chi connectivity index (χ1n) is 7.28. The van der Waals surface area contributed by atoms with E-state index >= 15 is 0 Å². The lowest BCUT2D eigenvalue weighted by molar-refractivity contribution is 0.394. The Bertz CT molecular complexity index is 789. The first-order chi connectivity index (χ1) is 12.1. The minimum Gasteiger partial charge on any atom is -0.497 e. The van der Waals surface area contributed by atoms with E-state index in [9.17, 15) is 0 Å². The lowest BCUT2D eigenvalue weighted by Crippen LogP contribution is -2.21. The van der Waals surface area contributed by atoms with Gasteiger partial charge in [-0.2, -0.15) is 5.10 Å². The molecule has 0 unspecified atom stereocenters. The Balaban J connectivity index is 2.46. The van der Waals surface area contributed by atoms with Gasteiger partial charge in [-0.15, -0.1) is 5.10 Å². The normalized spacial score (nSPS) is 10.5. The number of nitrogens with two attached hydrogens (primary N) is 2. The van der Waals surface area contributed by atoms with Gasteiger partial charge in [0, 0.05) is 4.90 Å². The molecular weight excluding hydrogens is 340 g/mol. The van der Waals surface area contributed by atoms with E-state index in [0.29, 0.717) is 5.75 Å². The third-order valence-corrected chi connectivity index (χ3v) is 4.31. The van der Waals surface area contributed by atoms with Gasteiger partial charge in [-0.1, -0.05) is 17.8 Å². The van der Waals surface area contributed by atoms with Crippen LogP contribution in [0.15, 0.2) is 56.4 Å². The van der Waals surface area contributed by atoms with Crippen LogP contribution < -0.4 is 25.7 Å². The van der Waals surface area contributed by atoms with Gasteiger partial charge in [0.05, 0.1) is 38.0 Å². The van der Waals surface area contributed by atoms with Crippen molar-refractivity contribution in [2.45, 2.75) is 9.79 Å². The lowest BCUT2D eigenvalue weighted by Gasteiger charge is -2.13. The molecule has 0 saturated carbocycles. The predicted molar refractivity (Wildman–Crippen MR) is 100 cm³/mol. The van der Waals surface area contributed by atoms with Gasteiger partial charge in [-0.05, 0) is 30.3 Å². The minimum atomic E-state index is -0.116. The standard InChI is InChI=1S/C17H20N4O3S/c1-22-11-7-8-14(24-3)16(9-11)25-15-6-4-5-13(23-2)12(15)10-20-21-17(18)19/h4-10H,1-3H3,(H4,18,19,21). The largest absolute Gasteiger partial charge is 0.497 e. The average molecular weight is 360 g/mol. The van der Waals surface area contributed by atoms with Crippen LogP contribution in [0.3, 0.4) is 0 Å². The molecule has 2 rings (SSSR count). The zero-order valence-corrected chi connectivity index (χ0v) is 15.0. The Hall–Kier alpha value is -2.87. The van der Waals surface area contributed by atoms with Crippen molar-refractivity contribution in [1.82, 2.24) is 0 Å². The molecule has 0 aliphatic carbocycles. The summed E-state index contributed by atoms with van der Waals surface area (Å²) in [5, 5.41) is 7.53. The Morgan fingerprint density at radius 3 is 2.36 bits per heavy atom. The predicted octanol–water partition coefficient (Wildman–Crippen LogP) is 2.47. The Labute approximate surface area is 150 Å². The first kappa shape index (κ1) is 18.5. The number of hydrogen-bond donors (Lipinski definition) is 2. The number of ether oxygens (including phenoxy) is 3. The van der Waals surface area contributed by atoms with E-state index in [-0.39, 0.29) is 5.96 Å². The van der Waals surface area contributed by atoms with Crippen molar-refractivity contribution in [3.8, 4) is 17.2 Å². The average Bonchev–Trinajstić information content (AvgIpc) is 2.62. The van der Waals surface area contributed by atoms with E-state index in [2.05, 4.69) is 10.2 Å². The summed E-state index contributed by atoms with van der Waals surface area (Å²) in [5.41, 5.74) is 11.4. The van der Waals surface area contributed by atoms with Crippen LogP contribution in [-0.4, -0.2) is 33.5 Å². The first-order valence-corrected chi connectivity index (χ1v) is 8.09. The van der Waals surface area contributed by atoms with Crippen LogP contribution in [-0.2, 0) is 0 Å². The van der Waals surface area contributed by atoms with E-state index in [0.717, 1.165) is 26.9 Å². The SMILES string of the molecule is COc1ccc(OC)c(Sc2cccc(OC)c2C=NN=C(N)N)c1. The van der Waals surface area contributed by atoms with Gasteiger partial charge in [0.15, 0.2) is 0 Å². The molecule has 0 amide bonds. The van der Waals surface area contributed by atoms with Crippen molar-refractivity contribution in [1.29, 1.82) is 0 Å². The van der Waals surface area contributed by atoms with Crippen LogP contribution in [0, 0.1) is 0 Å². The third kappa shape index (κ3) is 4.80. The lowest BCUT2D eigenvalue weighted by atomic mass is 10.2. The minimum absolute atomic E-state index is 0.116. The molecule has 2 aromatic rings. The highest BCUT2D eigenvalue weighted by atomic mass is 32.2. The molecule has 25 heavy (non-hydrogen) atoms. The van der Waals surface area contributed by atoms with Crippen molar-refractivity contribution >= 4 is 23.9 Å². The molecule has 132 valence electrons. The summed E-state index contributed by atoms with van der Waals surface area (Å²) in [6.45, 7) is 0. The molecule has 0 aliphatic heterocycles. The topological polar surface area (TPSA) is 104 Å². The van der Waals surface area contributed by atoms with Gasteiger partial charge < -0.3 is 25.7 Å². The smallest absolute Gasteiger partial charge is 0.211 e. The summed E-state index contributed by atoms with van der Waals surface area (Å²) in [7, 11) is 4.83. The second kappa shape index (κ2) is 8.84. The van der Waals surface area contributed by atoms with Crippen molar-refractivity contribution < 1.29 is 14.2 Å². The summed E-state index contributed by atoms with van der Waals surface area (Å²) in [5.74, 6) is 2.01. The van der Waals surface area contributed by atoms with Crippen molar-refractivity contribution in [3.05, 3.63) is 42.0 Å². The van der Waals surface area contributed by atoms with Crippen LogP contribution in [0.4, 0.5) is 0 Å². The summed E-state index contributed by atoms with van der Waals surface area (Å²) in [6.07, 6.45) is 1.55. The maximum absolute atomic E-state index is 5.43. The van der Waals surface area contributed by atoms with E-state index in [1.165, 1.54) is 11.8 Å². The molecule has 0 aliphatic rings. The van der Waals surface area contributed by atoms with Crippen LogP contribution in [0.2, 0.25) is 0 Å². The molecule has 8 heteroatoms. The van der Waals surface area contributed by atoms with Gasteiger partial charge in [-0.25, -0.2) is 0 Å². The van der Waals surface area contributed by atoms with E-state index in [1.54, 1.807) is 27.5 Å². The van der Waals surface area contributed by atoms with Crippen molar-refractivity contribution in [3.63, 3.8) is 0 Å². The number of methoxy groups -OCH3 is 3. The fourth-order valence-electron chi connectivity index (χ4n) is 2.05. The summed E-state index contributed by atoms with van der Waals surface area (Å²) < 4.78 is 16.1. The van der Waals surface area contributed by atoms with E-state index in [4.69, 9.17) is 25.7 Å². The number of guanidine groups is 1. The summed E-state index contributed by atoms with van der Waals surface area (Å²) >= 11 is 1.50. The molecule has 0 fully saturated rings. The van der Waals surface area contributed by atoms with E-state index in [1.807, 2.05) is 36.4 Å². The number of benzene rings is 2. The molecule has 2 aromatic carbocycles. The van der Waals surface area contributed by atoms with Gasteiger partial charge in [0.2, 0.25) is 5.96 Å². The fourth-order valence-corrected chi connectivity index (χ4v) is 3.13. The maximum atomic E-state index is 5.43. The summed E-state index contributed by atoms with van der Waals surface area (Å²) in [6, 6.07) is 11.3. The molecule has 0 saturated heterocycles. The molecule has 0 heterocycles. The molecule has 0 aromatic heterocycles. The molecule has 0 radical (unpaired) electrons. The molecule has 7 nitrogen and oxygen atoms in total. The summed E-state index contributed by atoms with van der Waals surface area (Å²) in [4.78, 5) is 1.80. The zero-order chi connectivity index (χ0) is 18.2. The fraction of sp³-hybridized carbons (Fsp3) is 0.176. The highest BCUT2D eigenvalue weighted by molar-refractivity contribution is 7.99. The molecule has 0 bridgehead atoms. The number of nitrogens with zero attached hydrogens (tertiary/aromatic N) is 2. The molecule has 0 spiro atoms. The second-order valence-electron chi connectivity index (χ2n) is 4.76. The van der Waals surface area contributed by atoms with Gasteiger partial charge in [0.25, 0.3) is 0 Å². The molecule has 4 N–H and O–H groups in total. The monoisotopic (exact) mass is 360 g/mol. The Morgan fingerprint density at radius 1 is 0.960 bits per heavy atom. The Morgan fingerprint density at radius 2 is 1.72 bits per heavy atom. The van der Waals surface area contributed by atoms with Crippen LogP contribution in [0.5, 0.6) is 17.2 Å². The number of hydrogen-bond acceptors (Lipinski definition) is 6. The number of rotatable bonds is 7.